The molecule has 9 amide bonds. The molecule has 4 saturated carbocycles. The maximum Gasteiger partial charge on any atom is 0.410 e. The minimum Gasteiger partial charge on any atom is -0.480 e. The van der Waals surface area contributed by atoms with Crippen LogP contribution < -0.4 is 37.2 Å². The number of carboxylic acid groups (broad SMARTS) is 2. The van der Waals surface area contributed by atoms with Gasteiger partial charge in [0.15, 0.2) is 10.8 Å². The molecule has 580 valence electrons. The van der Waals surface area contributed by atoms with Crippen LogP contribution in [-0.4, -0.2) is 180 Å². The minimum absolute atomic E-state index is 0.0555. The number of carbonyl (C=O) groups is 10. The summed E-state index contributed by atoms with van der Waals surface area (Å²) in [5, 5.41) is 40.0. The lowest BCUT2D eigenvalue weighted by Crippen LogP contribution is -2.64. The van der Waals surface area contributed by atoms with E-state index in [2.05, 4.69) is 45.4 Å². The monoisotopic (exact) mass is 1510 g/mol. The number of nitrogens with one attached hydrogen (secondary N) is 5. The van der Waals surface area contributed by atoms with Crippen molar-refractivity contribution in [2.45, 2.75) is 187 Å². The van der Waals surface area contributed by atoms with Crippen LogP contribution in [0.2, 0.25) is 0 Å². The molecule has 6 heterocycles. The smallest absolute Gasteiger partial charge is 0.410 e. The summed E-state index contributed by atoms with van der Waals surface area (Å²) in [6.07, 6.45) is 14.9. The quantitative estimate of drug-likeness (QED) is 0.0137. The second-order valence-corrected chi connectivity index (χ2v) is 32.8. The average Bonchev–Trinajstić information content (AvgIpc) is 1.06. The number of fused-ring (bicyclic) bond motifs is 2. The van der Waals surface area contributed by atoms with Gasteiger partial charge >= 0.3 is 24.1 Å². The summed E-state index contributed by atoms with van der Waals surface area (Å²) in [7, 11) is 0. The maximum absolute atomic E-state index is 14.5. The summed E-state index contributed by atoms with van der Waals surface area (Å²) in [6.45, 7) is 13.4. The van der Waals surface area contributed by atoms with Crippen LogP contribution in [0.1, 0.15) is 174 Å². The molecule has 1 saturated heterocycles. The Labute approximate surface area is 637 Å². The first kappa shape index (κ1) is 78.5. The molecule has 3 aromatic carbocycles. The third-order valence-corrected chi connectivity index (χ3v) is 23.4. The van der Waals surface area contributed by atoms with Gasteiger partial charge in [-0.3, -0.25) is 53.4 Å². The van der Waals surface area contributed by atoms with E-state index in [0.717, 1.165) is 84.8 Å². The highest BCUT2D eigenvalue weighted by molar-refractivity contribution is 7.22. The fraction of sp³-hybridized carbons (Fsp3) is 0.512. The first-order valence-corrected chi connectivity index (χ1v) is 38.8. The van der Waals surface area contributed by atoms with Crippen molar-refractivity contribution in [2.75, 3.05) is 68.0 Å². The number of likely N-dealkylation sites (tertiary alicyclic amines) is 1. The number of unbranched alkanes of at least 4 members (excludes halogenated alkanes) is 4. The molecule has 6 aromatic rings. The number of piperidine rings is 1. The van der Waals surface area contributed by atoms with Crippen LogP contribution in [-0.2, 0) is 64.4 Å². The van der Waals surface area contributed by atoms with Crippen LogP contribution in [0.25, 0.3) is 21.3 Å². The van der Waals surface area contributed by atoms with Gasteiger partial charge in [-0.25, -0.2) is 24.4 Å². The maximum atomic E-state index is 14.5. The lowest BCUT2D eigenvalue weighted by atomic mass is 9.39. The molecule has 4 aliphatic carbocycles. The number of aliphatic carboxylic acids is 1. The lowest BCUT2D eigenvalue weighted by molar-refractivity contribution is -0.249. The lowest BCUT2D eigenvalue weighted by Gasteiger charge is -2.69. The Morgan fingerprint density at radius 3 is 2.20 bits per heavy atom. The second kappa shape index (κ2) is 33.8. The minimum atomic E-state index is -1.17. The van der Waals surface area contributed by atoms with Gasteiger partial charge in [0.1, 0.15) is 24.5 Å². The fourth-order valence-corrected chi connectivity index (χ4v) is 19.4. The van der Waals surface area contributed by atoms with Gasteiger partial charge in [-0.05, 0) is 172 Å². The van der Waals surface area contributed by atoms with E-state index >= 15 is 0 Å². The molecule has 28 nitrogen and oxygen atoms in total. The number of aromatic nitrogens is 4. The number of primary amides is 1. The topological polar surface area (TPSA) is 372 Å². The van der Waals surface area contributed by atoms with Crippen LogP contribution in [0.3, 0.4) is 0 Å². The van der Waals surface area contributed by atoms with Gasteiger partial charge < -0.3 is 56.5 Å². The molecule has 0 spiro atoms. The van der Waals surface area contributed by atoms with E-state index < -0.39 is 53.6 Å². The molecular weight excluding hydrogens is 1410 g/mol. The molecule has 5 fully saturated rings. The third-order valence-electron chi connectivity index (χ3n) is 22.4. The zero-order chi connectivity index (χ0) is 77.4. The number of benzene rings is 3. The molecule has 3 aromatic heterocycles. The molecule has 109 heavy (non-hydrogen) atoms. The largest absolute Gasteiger partial charge is 0.480 e. The molecule has 0 radical (unpaired) electrons. The number of imide groups is 1. The van der Waals surface area contributed by atoms with Crippen molar-refractivity contribution < 1.29 is 67.6 Å². The van der Waals surface area contributed by atoms with Crippen LogP contribution in [0, 0.1) is 29.1 Å². The number of carbonyl (C=O) groups excluding carboxylic acids is 8. The molecule has 7 aliphatic rings. The summed E-state index contributed by atoms with van der Waals surface area (Å²) >= 11 is 1.41. The highest BCUT2D eigenvalue weighted by Gasteiger charge is 2.66. The highest BCUT2D eigenvalue weighted by Crippen LogP contribution is 2.72. The van der Waals surface area contributed by atoms with E-state index in [1.54, 1.807) is 55.3 Å². The number of carboxylic acids is 2. The van der Waals surface area contributed by atoms with Crippen molar-refractivity contribution in [1.82, 2.24) is 50.4 Å². The number of thiazole rings is 1. The highest BCUT2D eigenvalue weighted by atomic mass is 32.1. The number of aromatic carboxylic acids is 1. The van der Waals surface area contributed by atoms with Crippen molar-refractivity contribution in [3.8, 4) is 11.1 Å². The van der Waals surface area contributed by atoms with Crippen LogP contribution in [0.5, 0.6) is 0 Å². The predicted molar refractivity (Wildman–Crippen MR) is 409 cm³/mol. The number of pyridine rings is 1. The van der Waals surface area contributed by atoms with E-state index in [9.17, 15) is 58.2 Å². The number of hydrogen-bond acceptors (Lipinski definition) is 18. The summed E-state index contributed by atoms with van der Waals surface area (Å²) < 4.78 is 16.3. The van der Waals surface area contributed by atoms with Crippen molar-refractivity contribution in [2.24, 2.45) is 27.9 Å². The molecule has 4 bridgehead atoms. The van der Waals surface area contributed by atoms with Crippen molar-refractivity contribution >= 4 is 97.7 Å². The normalized spacial score (nSPS) is 21.4. The van der Waals surface area contributed by atoms with E-state index in [-0.39, 0.29) is 110 Å². The number of rotatable bonds is 34. The van der Waals surface area contributed by atoms with E-state index in [4.69, 9.17) is 25.3 Å². The van der Waals surface area contributed by atoms with Crippen molar-refractivity contribution in [3.05, 3.63) is 131 Å². The molecular formula is C80H100N14O14S. The van der Waals surface area contributed by atoms with Crippen molar-refractivity contribution in [3.63, 3.8) is 0 Å². The first-order chi connectivity index (χ1) is 52.1. The summed E-state index contributed by atoms with van der Waals surface area (Å²) in [6, 6.07) is 20.8. The van der Waals surface area contributed by atoms with Gasteiger partial charge in [-0.15, -0.1) is 0 Å². The fourth-order valence-electron chi connectivity index (χ4n) is 18.5. The number of para-hydroxylation sites is 1. The Kier molecular flexibility index (Phi) is 24.3. The standard InChI is InChI=1S/C80H100N14O14S/c1-50(2)68(88-64(95)20-9-7-6-8-12-33-93-65(96)27-28-66(93)97)72(102)85-61(18-14-32-82-74(81)105)71(101)84-54-23-21-52(22-24-54)42-107-76(106)92(55-30-34-90(35-31-55)41-67(98)99)37-38-108-80-46-77(4)43-78(5,47-80)45-79(44-77,48-80)49-94-51(3)58(39-83-94)56-25-26-63(87-69(56)73(103)104)91-36-29-53-15-13-16-57(59(53)40-91)70(100)89-75-86-60-17-10-11-19-62(60)109-75/h10-11,13,15-17,19,21-28,39,50,55,61,68H,6-9,12,14,18,20,29-38,40-49H2,1-5H3,(H,84,101)(H,85,102)(H,88,95)(H,98,99)(H,103,104)(H3,81,82,105)(H,86,89,100)/t61-,68-,77?,78?,79?,80?/m0/s1. The van der Waals surface area contributed by atoms with E-state index in [0.29, 0.717) is 110 Å². The van der Waals surface area contributed by atoms with E-state index in [1.807, 2.05) is 69.9 Å². The Balaban J connectivity index is 0.666. The van der Waals surface area contributed by atoms with Gasteiger partial charge in [0.2, 0.25) is 17.7 Å². The van der Waals surface area contributed by atoms with Crippen molar-refractivity contribution in [1.29, 1.82) is 0 Å². The number of urea groups is 1. The van der Waals surface area contributed by atoms with Gasteiger partial charge in [0.05, 0.1) is 35.2 Å². The van der Waals surface area contributed by atoms with Crippen LogP contribution >= 0.6 is 11.3 Å². The van der Waals surface area contributed by atoms with Crippen LogP contribution in [0.4, 0.5) is 26.2 Å². The Morgan fingerprint density at radius 1 is 0.771 bits per heavy atom. The Hall–Kier alpha value is -10.1. The summed E-state index contributed by atoms with van der Waals surface area (Å²) in [5.74, 6) is -4.27. The predicted octanol–water partition coefficient (Wildman–Crippen LogP) is 9.98. The molecule has 2 unspecified atom stereocenters. The molecule has 4 atom stereocenters. The first-order valence-electron chi connectivity index (χ1n) is 38.0. The number of nitrogens with zero attached hydrogens (tertiary/aromatic N) is 8. The van der Waals surface area contributed by atoms with Gasteiger partial charge in [0.25, 0.3) is 17.7 Å². The summed E-state index contributed by atoms with van der Waals surface area (Å²) in [5.41, 5.74) is 10.5. The van der Waals surface area contributed by atoms with Gasteiger partial charge in [0, 0.05) is 105 Å². The average molecular weight is 1510 g/mol. The molecule has 3 aliphatic heterocycles. The molecule has 9 N–H and O–H groups in total. The Morgan fingerprint density at radius 2 is 1.50 bits per heavy atom. The number of anilines is 3. The SMILES string of the molecule is Cc1c(-c2ccc(N3CCc4cccc(C(=O)Nc5nc6ccccc6s5)c4C3)nc2C(=O)O)cnn1CC12CC3(C)CC(C)(C1)CC(OCCN(C(=O)OCc1ccc(NC(=O)[C@H](CCCNC(N)=O)NC(=O)[C@@H](NC(=O)CCCCCCCN4C(=O)C=CC4=O)C(C)C)cc1)C1CCN(CC(=O)O)CC1)(C3)C2. The van der Waals surface area contributed by atoms with Gasteiger partial charge in [-0.2, -0.15) is 5.10 Å². The zero-order valence-corrected chi connectivity index (χ0v) is 63.5. The Bertz CT molecular complexity index is 4380. The number of nitrogens with two attached hydrogens (primary N) is 1. The molecule has 29 heteroatoms. The number of hydrogen-bond donors (Lipinski definition) is 8. The van der Waals surface area contributed by atoms with Crippen LogP contribution in [0.15, 0.2) is 97.2 Å². The third kappa shape index (κ3) is 19.1. The zero-order valence-electron chi connectivity index (χ0n) is 62.7. The number of ether oxygens (including phenoxy) is 2. The van der Waals surface area contributed by atoms with E-state index in [1.165, 1.54) is 28.4 Å². The summed E-state index contributed by atoms with van der Waals surface area (Å²) in [4.78, 5) is 146. The second-order valence-electron chi connectivity index (χ2n) is 31.7. The number of amides is 9. The van der Waals surface area contributed by atoms with Gasteiger partial charge in [-0.1, -0.05) is 94.7 Å². The molecule has 13 rings (SSSR count).